The van der Waals surface area contributed by atoms with Crippen molar-refractivity contribution in [3.05, 3.63) is 47.0 Å². The van der Waals surface area contributed by atoms with E-state index >= 15 is 0 Å². The first kappa shape index (κ1) is 16.0. The molecular weight excluding hydrogens is 310 g/mol. The maximum atomic E-state index is 12.3. The molecule has 1 atom stereocenters. The molecule has 8 heteroatoms. The van der Waals surface area contributed by atoms with Gasteiger partial charge in [-0.25, -0.2) is 4.98 Å². The van der Waals surface area contributed by atoms with Crippen molar-refractivity contribution in [2.75, 3.05) is 0 Å². The van der Waals surface area contributed by atoms with E-state index in [1.165, 1.54) is 21.8 Å². The second-order valence-electron chi connectivity index (χ2n) is 5.77. The summed E-state index contributed by atoms with van der Waals surface area (Å²) in [7, 11) is 1.71. The number of carbonyl (C=O) groups is 1. The average molecular weight is 329 g/mol. The van der Waals surface area contributed by atoms with Crippen LogP contribution in [-0.2, 0) is 24.8 Å². The van der Waals surface area contributed by atoms with Crippen LogP contribution in [0.15, 0.2) is 40.1 Å². The van der Waals surface area contributed by atoms with Crippen LogP contribution < -0.4 is 10.9 Å². The molecule has 3 heterocycles. The molecule has 24 heavy (non-hydrogen) atoms. The summed E-state index contributed by atoms with van der Waals surface area (Å²) >= 11 is 0. The molecule has 8 nitrogen and oxygen atoms in total. The zero-order valence-electron chi connectivity index (χ0n) is 13.6. The summed E-state index contributed by atoms with van der Waals surface area (Å²) in [6.07, 6.45) is 5.97. The fraction of sp³-hybridized carbons (Fsp3) is 0.375. The monoisotopic (exact) mass is 329 g/mol. The first-order chi connectivity index (χ1) is 11.5. The number of nitrogens with one attached hydrogen (secondary N) is 1. The number of aryl methyl sites for hydroxylation is 2. The quantitative estimate of drug-likeness (QED) is 0.724. The second-order valence-corrected chi connectivity index (χ2v) is 5.77. The Morgan fingerprint density at radius 3 is 3.04 bits per heavy atom. The fourth-order valence-electron chi connectivity index (χ4n) is 2.54. The van der Waals surface area contributed by atoms with Gasteiger partial charge in [0.1, 0.15) is 24.0 Å². The Morgan fingerprint density at radius 1 is 1.46 bits per heavy atom. The minimum absolute atomic E-state index is 0.0200. The molecule has 0 fully saturated rings. The van der Waals surface area contributed by atoms with Crippen molar-refractivity contribution in [2.45, 2.75) is 32.4 Å². The zero-order chi connectivity index (χ0) is 17.1. The van der Waals surface area contributed by atoms with E-state index in [0.717, 1.165) is 18.6 Å². The van der Waals surface area contributed by atoms with Gasteiger partial charge in [-0.15, -0.1) is 0 Å². The number of hydrogen-bond donors (Lipinski definition) is 1. The van der Waals surface area contributed by atoms with Crippen LogP contribution in [0.2, 0.25) is 0 Å². The van der Waals surface area contributed by atoms with Gasteiger partial charge in [0.05, 0.1) is 12.5 Å². The van der Waals surface area contributed by atoms with E-state index in [1.54, 1.807) is 13.3 Å². The number of fused-ring (bicyclic) bond motifs is 1. The maximum Gasteiger partial charge on any atom is 0.264 e. The number of hydrogen-bond acceptors (Lipinski definition) is 5. The SMILES string of the molecule is CC(CCc1ccco1)NC(=O)Cn1cnc2c(cnn2C)c1=O. The Balaban J connectivity index is 1.60. The summed E-state index contributed by atoms with van der Waals surface area (Å²) in [5.74, 6) is 0.660. The molecule has 0 aliphatic carbocycles. The van der Waals surface area contributed by atoms with Gasteiger partial charge in [0.2, 0.25) is 5.91 Å². The molecule has 0 saturated carbocycles. The van der Waals surface area contributed by atoms with E-state index in [0.29, 0.717) is 11.0 Å². The maximum absolute atomic E-state index is 12.3. The lowest BCUT2D eigenvalue weighted by Crippen LogP contribution is -2.37. The predicted octanol–water partition coefficient (Wildman–Crippen LogP) is 0.860. The third-order valence-electron chi connectivity index (χ3n) is 3.84. The largest absolute Gasteiger partial charge is 0.469 e. The van der Waals surface area contributed by atoms with E-state index < -0.39 is 0 Å². The van der Waals surface area contributed by atoms with Crippen molar-refractivity contribution < 1.29 is 9.21 Å². The highest BCUT2D eigenvalue weighted by Gasteiger charge is 2.12. The summed E-state index contributed by atoms with van der Waals surface area (Å²) in [4.78, 5) is 28.6. The molecule has 0 radical (unpaired) electrons. The highest BCUT2D eigenvalue weighted by molar-refractivity contribution is 5.77. The minimum atomic E-state index is -0.272. The van der Waals surface area contributed by atoms with Gasteiger partial charge in [-0.05, 0) is 25.5 Å². The summed E-state index contributed by atoms with van der Waals surface area (Å²) in [5, 5.41) is 7.29. The first-order valence-corrected chi connectivity index (χ1v) is 7.73. The van der Waals surface area contributed by atoms with Gasteiger partial charge < -0.3 is 9.73 Å². The molecule has 1 N–H and O–H groups in total. The van der Waals surface area contributed by atoms with Crippen molar-refractivity contribution >= 4 is 16.9 Å². The number of rotatable bonds is 6. The van der Waals surface area contributed by atoms with E-state index in [2.05, 4.69) is 15.4 Å². The van der Waals surface area contributed by atoms with E-state index in [9.17, 15) is 9.59 Å². The van der Waals surface area contributed by atoms with Gasteiger partial charge in [0, 0.05) is 19.5 Å². The first-order valence-electron chi connectivity index (χ1n) is 7.73. The molecule has 126 valence electrons. The standard InChI is InChI=1S/C16H19N5O3/c1-11(5-6-12-4-3-7-24-12)19-14(22)9-21-10-17-15-13(16(21)23)8-18-20(15)2/h3-4,7-8,10-11H,5-6,9H2,1-2H3,(H,19,22). The summed E-state index contributed by atoms with van der Waals surface area (Å²) in [6, 6.07) is 3.73. The van der Waals surface area contributed by atoms with E-state index in [-0.39, 0.29) is 24.1 Å². The fourth-order valence-corrected chi connectivity index (χ4v) is 2.54. The summed E-state index contributed by atoms with van der Waals surface area (Å²) in [6.45, 7) is 1.86. The smallest absolute Gasteiger partial charge is 0.264 e. The molecule has 3 aromatic rings. The van der Waals surface area contributed by atoms with Gasteiger partial charge in [0.25, 0.3) is 5.56 Å². The van der Waals surface area contributed by atoms with Crippen LogP contribution in [0.3, 0.4) is 0 Å². The Morgan fingerprint density at radius 2 is 2.29 bits per heavy atom. The lowest BCUT2D eigenvalue weighted by atomic mass is 10.1. The Bertz CT molecular complexity index is 894. The van der Waals surface area contributed by atoms with Crippen molar-refractivity contribution in [3.8, 4) is 0 Å². The molecule has 0 aromatic carbocycles. The number of amides is 1. The normalized spacial score (nSPS) is 12.4. The number of aromatic nitrogens is 4. The third kappa shape index (κ3) is 3.37. The topological polar surface area (TPSA) is 94.9 Å². The molecule has 1 unspecified atom stereocenters. The molecule has 3 aromatic heterocycles. The van der Waals surface area contributed by atoms with E-state index in [1.807, 2.05) is 19.1 Å². The van der Waals surface area contributed by atoms with Gasteiger partial charge in [-0.3, -0.25) is 18.8 Å². The molecule has 0 bridgehead atoms. The van der Waals surface area contributed by atoms with E-state index in [4.69, 9.17) is 4.42 Å². The Labute approximate surface area is 138 Å². The molecular formula is C16H19N5O3. The lowest BCUT2D eigenvalue weighted by Gasteiger charge is -2.13. The third-order valence-corrected chi connectivity index (χ3v) is 3.84. The van der Waals surface area contributed by atoms with Crippen LogP contribution in [0.25, 0.3) is 11.0 Å². The van der Waals surface area contributed by atoms with Crippen LogP contribution in [-0.4, -0.2) is 31.3 Å². The zero-order valence-corrected chi connectivity index (χ0v) is 13.6. The van der Waals surface area contributed by atoms with Gasteiger partial charge >= 0.3 is 0 Å². The number of furan rings is 1. The highest BCUT2D eigenvalue weighted by atomic mass is 16.3. The van der Waals surface area contributed by atoms with Crippen LogP contribution in [0.1, 0.15) is 19.1 Å². The molecule has 0 saturated heterocycles. The lowest BCUT2D eigenvalue weighted by molar-refractivity contribution is -0.122. The molecule has 0 aliphatic heterocycles. The van der Waals surface area contributed by atoms with Crippen LogP contribution in [0, 0.1) is 0 Å². The highest BCUT2D eigenvalue weighted by Crippen LogP contribution is 2.06. The summed E-state index contributed by atoms with van der Waals surface area (Å²) < 4.78 is 8.08. The minimum Gasteiger partial charge on any atom is -0.469 e. The van der Waals surface area contributed by atoms with Crippen molar-refractivity contribution in [1.29, 1.82) is 0 Å². The Hall–Kier alpha value is -2.90. The van der Waals surface area contributed by atoms with Crippen molar-refractivity contribution in [1.82, 2.24) is 24.6 Å². The summed E-state index contributed by atoms with van der Waals surface area (Å²) in [5.41, 5.74) is 0.231. The van der Waals surface area contributed by atoms with Gasteiger partial charge in [0.15, 0.2) is 5.65 Å². The van der Waals surface area contributed by atoms with Crippen molar-refractivity contribution in [3.63, 3.8) is 0 Å². The molecule has 1 amide bonds. The van der Waals surface area contributed by atoms with Crippen LogP contribution >= 0.6 is 0 Å². The molecule has 3 rings (SSSR count). The molecule has 0 aliphatic rings. The van der Waals surface area contributed by atoms with Gasteiger partial charge in [-0.1, -0.05) is 0 Å². The van der Waals surface area contributed by atoms with Crippen LogP contribution in [0.4, 0.5) is 0 Å². The average Bonchev–Trinajstić information content (AvgIpc) is 3.18. The predicted molar refractivity (Wildman–Crippen MR) is 87.4 cm³/mol. The van der Waals surface area contributed by atoms with Gasteiger partial charge in [-0.2, -0.15) is 5.10 Å². The molecule has 0 spiro atoms. The van der Waals surface area contributed by atoms with Crippen LogP contribution in [0.5, 0.6) is 0 Å². The Kier molecular flexibility index (Phi) is 4.45. The number of nitrogens with zero attached hydrogens (tertiary/aromatic N) is 4. The second kappa shape index (κ2) is 6.69. The number of carbonyl (C=O) groups excluding carboxylic acids is 1. The van der Waals surface area contributed by atoms with Crippen molar-refractivity contribution in [2.24, 2.45) is 7.05 Å².